The third-order valence-corrected chi connectivity index (χ3v) is 7.57. The highest BCUT2D eigenvalue weighted by atomic mass is 79.9. The van der Waals surface area contributed by atoms with Crippen molar-refractivity contribution in [3.8, 4) is 0 Å². The largest absolute Gasteiger partial charge is 0.422 e. The molecule has 1 nitrogen and oxygen atoms in total. The summed E-state index contributed by atoms with van der Waals surface area (Å²) in [5.41, 5.74) is -9.19. The maximum absolute atomic E-state index is 14.2. The van der Waals surface area contributed by atoms with Crippen LogP contribution >= 0.6 is 15.9 Å². The average molecular weight is 833 g/mol. The Hall–Kier alpha value is -3.81. The molecular formula is C32H19BBrF17O. The summed E-state index contributed by atoms with van der Waals surface area (Å²) in [7, 11) is 0. The molecule has 0 atom stereocenters. The molecule has 1 heterocycles. The van der Waals surface area contributed by atoms with Crippen LogP contribution in [0.3, 0.4) is 0 Å². The molecule has 0 radical (unpaired) electrons. The molecule has 1 aliphatic rings. The molecule has 0 aromatic heterocycles. The van der Waals surface area contributed by atoms with Crippen LogP contribution in [0.2, 0.25) is 0 Å². The molecule has 20 heteroatoms. The molecule has 0 N–H and O–H groups in total. The average Bonchev–Trinajstić information content (AvgIpc) is 3.53. The minimum atomic E-state index is -5.48. The van der Waals surface area contributed by atoms with E-state index in [0.29, 0.717) is 24.3 Å². The SMILES string of the molecule is C1CCOC1.Cc1c(F)cc(B(c2cc(F)c(C(F)(F)F)c(F)c2)c2cc(F)c(C(F)(F)F)c(F)c2)cc1F.Fc1cc(Br)cc(F)c1C(F)(F)F. The Bertz CT molecular complexity index is 1730. The van der Waals surface area contributed by atoms with E-state index < -0.39 is 110 Å². The first-order chi connectivity index (χ1) is 23.8. The predicted molar refractivity (Wildman–Crippen MR) is 158 cm³/mol. The maximum Gasteiger partial charge on any atom is 0.422 e. The fourth-order valence-electron chi connectivity index (χ4n) is 4.79. The van der Waals surface area contributed by atoms with Crippen LogP contribution in [0.1, 0.15) is 35.1 Å². The number of alkyl halides is 9. The van der Waals surface area contributed by atoms with Crippen LogP contribution in [-0.4, -0.2) is 19.9 Å². The molecule has 0 saturated carbocycles. The van der Waals surface area contributed by atoms with Crippen molar-refractivity contribution in [2.24, 2.45) is 0 Å². The van der Waals surface area contributed by atoms with Crippen molar-refractivity contribution in [1.82, 2.24) is 0 Å². The zero-order valence-corrected chi connectivity index (χ0v) is 27.3. The molecule has 4 aromatic carbocycles. The fourth-order valence-corrected chi connectivity index (χ4v) is 5.19. The molecular weight excluding hydrogens is 814 g/mol. The van der Waals surface area contributed by atoms with Gasteiger partial charge in [0.15, 0.2) is 0 Å². The zero-order chi connectivity index (χ0) is 39.5. The van der Waals surface area contributed by atoms with Gasteiger partial charge in [0.2, 0.25) is 6.71 Å². The number of hydrogen-bond acceptors (Lipinski definition) is 1. The van der Waals surface area contributed by atoms with Crippen LogP contribution in [0.25, 0.3) is 0 Å². The van der Waals surface area contributed by atoms with Gasteiger partial charge in [0.1, 0.15) is 63.2 Å². The van der Waals surface area contributed by atoms with Gasteiger partial charge in [0.05, 0.1) is 0 Å². The molecule has 1 aliphatic heterocycles. The van der Waals surface area contributed by atoms with Gasteiger partial charge >= 0.3 is 18.5 Å². The Balaban J connectivity index is 0.000000329. The number of benzene rings is 4. The van der Waals surface area contributed by atoms with Gasteiger partial charge in [-0.1, -0.05) is 32.3 Å². The Morgan fingerprint density at radius 3 is 0.942 bits per heavy atom. The van der Waals surface area contributed by atoms with Gasteiger partial charge in [0, 0.05) is 23.2 Å². The van der Waals surface area contributed by atoms with Gasteiger partial charge < -0.3 is 4.74 Å². The third kappa shape index (κ3) is 10.4. The number of ether oxygens (including phenoxy) is 1. The lowest BCUT2D eigenvalue weighted by Crippen LogP contribution is -2.53. The summed E-state index contributed by atoms with van der Waals surface area (Å²) in [5.74, 6) is -14.4. The van der Waals surface area contributed by atoms with Crippen LogP contribution in [0.4, 0.5) is 74.6 Å². The summed E-state index contributed by atoms with van der Waals surface area (Å²) in [4.78, 5) is 0. The molecule has 282 valence electrons. The van der Waals surface area contributed by atoms with E-state index in [1.54, 1.807) is 0 Å². The number of halogens is 18. The molecule has 1 fully saturated rings. The Kier molecular flexibility index (Phi) is 13.5. The Labute approximate surface area is 291 Å². The molecule has 4 aromatic rings. The van der Waals surface area contributed by atoms with Crippen molar-refractivity contribution in [2.45, 2.75) is 38.3 Å². The summed E-state index contributed by atoms with van der Waals surface area (Å²) < 4.78 is 229. The number of rotatable bonds is 3. The first-order valence-electron chi connectivity index (χ1n) is 14.2. The molecule has 5 rings (SSSR count). The third-order valence-electron chi connectivity index (χ3n) is 7.12. The van der Waals surface area contributed by atoms with E-state index in [1.807, 2.05) is 0 Å². The normalized spacial score (nSPS) is 13.3. The molecule has 0 spiro atoms. The van der Waals surface area contributed by atoms with Gasteiger partial charge in [-0.2, -0.15) is 39.5 Å². The second-order valence-corrected chi connectivity index (χ2v) is 11.7. The highest BCUT2D eigenvalue weighted by Crippen LogP contribution is 2.36. The molecule has 0 aliphatic carbocycles. The van der Waals surface area contributed by atoms with E-state index in [1.165, 1.54) is 12.8 Å². The van der Waals surface area contributed by atoms with Gasteiger partial charge in [-0.05, 0) is 68.3 Å². The van der Waals surface area contributed by atoms with Gasteiger partial charge in [-0.25, -0.2) is 35.1 Å². The predicted octanol–water partition coefficient (Wildman–Crippen LogP) is 9.93. The first kappa shape index (κ1) is 42.6. The second-order valence-electron chi connectivity index (χ2n) is 10.8. The summed E-state index contributed by atoms with van der Waals surface area (Å²) in [6, 6.07) is 2.71. The van der Waals surface area contributed by atoms with Gasteiger partial charge in [-0.15, -0.1) is 0 Å². The summed E-state index contributed by atoms with van der Waals surface area (Å²) in [6.07, 6.45) is -13.4. The van der Waals surface area contributed by atoms with Gasteiger partial charge in [-0.3, -0.25) is 0 Å². The van der Waals surface area contributed by atoms with Crippen molar-refractivity contribution in [3.63, 3.8) is 0 Å². The van der Waals surface area contributed by atoms with Crippen molar-refractivity contribution in [1.29, 1.82) is 0 Å². The lowest BCUT2D eigenvalue weighted by atomic mass is 9.36. The topological polar surface area (TPSA) is 9.23 Å². The molecule has 0 unspecified atom stereocenters. The Morgan fingerprint density at radius 1 is 0.462 bits per heavy atom. The summed E-state index contributed by atoms with van der Waals surface area (Å²) in [6.45, 7) is 1.04. The lowest BCUT2D eigenvalue weighted by Gasteiger charge is -2.20. The van der Waals surface area contributed by atoms with Crippen LogP contribution in [0.15, 0.2) is 53.0 Å². The van der Waals surface area contributed by atoms with E-state index in [4.69, 9.17) is 4.74 Å². The van der Waals surface area contributed by atoms with E-state index in [2.05, 4.69) is 15.9 Å². The van der Waals surface area contributed by atoms with Crippen molar-refractivity contribution < 1.29 is 79.4 Å². The van der Waals surface area contributed by atoms with Gasteiger partial charge in [0.25, 0.3) is 0 Å². The summed E-state index contributed by atoms with van der Waals surface area (Å²) in [5, 5.41) is 0. The molecule has 0 amide bonds. The maximum atomic E-state index is 14.2. The van der Waals surface area contributed by atoms with Crippen LogP contribution in [-0.2, 0) is 23.3 Å². The van der Waals surface area contributed by atoms with Crippen LogP contribution in [0.5, 0.6) is 0 Å². The standard InChI is InChI=1S/C21H9BF12.C7H2BrF5.C4H8O/c1-8-12(23)2-9(3-13(8)24)22(10-4-14(25)18(15(26)5-10)20(29,30)31)11-6-16(27)19(17(28)7-11)21(32,33)34;8-3-1-4(9)6(5(10)2-3)7(11,12)13;1-2-4-5-3-1/h2-7H,1H3;1-2H;1-4H2. The van der Waals surface area contributed by atoms with E-state index in [9.17, 15) is 74.6 Å². The molecule has 52 heavy (non-hydrogen) atoms. The minimum absolute atomic E-state index is 0.0736. The highest BCUT2D eigenvalue weighted by molar-refractivity contribution is 9.10. The summed E-state index contributed by atoms with van der Waals surface area (Å²) >= 11 is 2.67. The zero-order valence-electron chi connectivity index (χ0n) is 25.7. The first-order valence-corrected chi connectivity index (χ1v) is 15.0. The van der Waals surface area contributed by atoms with Crippen LogP contribution in [0, 0.1) is 53.5 Å². The van der Waals surface area contributed by atoms with Crippen molar-refractivity contribution >= 4 is 39.0 Å². The monoisotopic (exact) mass is 832 g/mol. The minimum Gasteiger partial charge on any atom is -0.381 e. The lowest BCUT2D eigenvalue weighted by molar-refractivity contribution is -0.143. The second kappa shape index (κ2) is 16.5. The van der Waals surface area contributed by atoms with Crippen LogP contribution < -0.4 is 16.4 Å². The molecule has 0 bridgehead atoms. The van der Waals surface area contributed by atoms with Crippen molar-refractivity contribution in [2.75, 3.05) is 13.2 Å². The fraction of sp³-hybridized carbons (Fsp3) is 0.250. The van der Waals surface area contributed by atoms with E-state index in [0.717, 1.165) is 20.1 Å². The quantitative estimate of drug-likeness (QED) is 0.148. The highest BCUT2D eigenvalue weighted by Gasteiger charge is 2.41. The smallest absolute Gasteiger partial charge is 0.381 e. The molecule has 1 saturated heterocycles. The Morgan fingerprint density at radius 2 is 0.712 bits per heavy atom. The van der Waals surface area contributed by atoms with E-state index in [-0.39, 0.29) is 28.7 Å². The van der Waals surface area contributed by atoms with E-state index >= 15 is 0 Å². The van der Waals surface area contributed by atoms with Crippen molar-refractivity contribution in [3.05, 3.63) is 122 Å². The number of hydrogen-bond donors (Lipinski definition) is 0.